The molecule has 2 aliphatic heterocycles. The van der Waals surface area contributed by atoms with Crippen LogP contribution >= 0.6 is 0 Å². The van der Waals surface area contributed by atoms with E-state index in [-0.39, 0.29) is 5.91 Å². The van der Waals surface area contributed by atoms with Crippen molar-refractivity contribution in [2.45, 2.75) is 40.0 Å². The van der Waals surface area contributed by atoms with Gasteiger partial charge < -0.3 is 15.5 Å². The predicted octanol–water partition coefficient (Wildman–Crippen LogP) is 2.88. The van der Waals surface area contributed by atoms with Gasteiger partial charge in [0.15, 0.2) is 0 Å². The van der Waals surface area contributed by atoms with Crippen LogP contribution in [0, 0.1) is 17.3 Å². The molecule has 138 valence electrons. The van der Waals surface area contributed by atoms with Crippen molar-refractivity contribution in [3.63, 3.8) is 0 Å². The molecule has 0 saturated carbocycles. The molecule has 2 aliphatic rings. The topological polar surface area (TPSA) is 62.5 Å². The van der Waals surface area contributed by atoms with Crippen molar-refractivity contribution in [2.75, 3.05) is 38.5 Å². The van der Waals surface area contributed by atoms with E-state index in [9.17, 15) is 4.79 Å². The van der Waals surface area contributed by atoms with Crippen molar-refractivity contribution in [3.05, 3.63) is 23.9 Å². The average Bonchev–Trinajstić information content (AvgIpc) is 3.01. The van der Waals surface area contributed by atoms with Crippen LogP contribution in [-0.4, -0.2) is 53.4 Å². The van der Waals surface area contributed by atoms with Crippen LogP contribution in [0.15, 0.2) is 18.3 Å². The number of hydrogen-bond donors (Lipinski definition) is 1. The van der Waals surface area contributed by atoms with Crippen LogP contribution in [0.4, 0.5) is 5.82 Å². The van der Waals surface area contributed by atoms with Crippen LogP contribution in [0.3, 0.4) is 0 Å². The molecule has 1 aromatic rings. The van der Waals surface area contributed by atoms with Crippen LogP contribution in [-0.2, 0) is 0 Å². The molecular formula is C20H32N4O. The Hall–Kier alpha value is -1.62. The van der Waals surface area contributed by atoms with Gasteiger partial charge in [0.25, 0.3) is 5.91 Å². The van der Waals surface area contributed by atoms with E-state index in [1.165, 1.54) is 26.1 Å². The summed E-state index contributed by atoms with van der Waals surface area (Å²) in [6.45, 7) is 12.3. The maximum atomic E-state index is 12.6. The zero-order valence-electron chi connectivity index (χ0n) is 15.9. The summed E-state index contributed by atoms with van der Waals surface area (Å²) in [5, 5.41) is 0. The number of pyridine rings is 1. The van der Waals surface area contributed by atoms with E-state index in [1.807, 2.05) is 4.90 Å². The second kappa shape index (κ2) is 7.32. The molecule has 0 aromatic carbocycles. The van der Waals surface area contributed by atoms with Crippen LogP contribution in [0.2, 0.25) is 0 Å². The highest BCUT2D eigenvalue weighted by molar-refractivity contribution is 5.94. The van der Waals surface area contributed by atoms with E-state index in [0.29, 0.717) is 16.8 Å². The third-order valence-corrected chi connectivity index (χ3v) is 5.53. The number of carbonyl (C=O) groups is 1. The summed E-state index contributed by atoms with van der Waals surface area (Å²) < 4.78 is 0. The molecule has 1 amide bonds. The molecule has 25 heavy (non-hydrogen) atoms. The number of piperidine rings is 1. The van der Waals surface area contributed by atoms with Gasteiger partial charge in [0, 0.05) is 37.9 Å². The summed E-state index contributed by atoms with van der Waals surface area (Å²) in [5.41, 5.74) is 6.73. The lowest BCUT2D eigenvalue weighted by Crippen LogP contribution is -2.40. The number of carbonyl (C=O) groups excluding carboxylic acids is 1. The Kier molecular flexibility index (Phi) is 5.32. The lowest BCUT2D eigenvalue weighted by Gasteiger charge is -2.35. The molecule has 5 heteroatoms. The standard InChI is InChI=1S/C20H32N4O/c1-20(2,3)14-23-9-5-17(13-23)15-6-10-24(11-7-15)19(25)16-4-8-22-18(21)12-16/h4,8,12,15,17H,5-7,9-11,13-14H2,1-3H3,(H2,21,22). The smallest absolute Gasteiger partial charge is 0.254 e. The number of nitrogens with two attached hydrogens (primary N) is 1. The van der Waals surface area contributed by atoms with Gasteiger partial charge in [-0.2, -0.15) is 0 Å². The molecule has 1 aromatic heterocycles. The van der Waals surface area contributed by atoms with E-state index in [2.05, 4.69) is 30.7 Å². The summed E-state index contributed by atoms with van der Waals surface area (Å²) >= 11 is 0. The fraction of sp³-hybridized carbons (Fsp3) is 0.700. The number of likely N-dealkylation sites (tertiary alicyclic amines) is 2. The lowest BCUT2D eigenvalue weighted by molar-refractivity contribution is 0.0657. The first kappa shape index (κ1) is 18.2. The minimum absolute atomic E-state index is 0.0910. The highest BCUT2D eigenvalue weighted by Crippen LogP contribution is 2.33. The Labute approximate surface area is 151 Å². The molecule has 2 fully saturated rings. The third-order valence-electron chi connectivity index (χ3n) is 5.53. The Morgan fingerprint density at radius 2 is 1.88 bits per heavy atom. The maximum absolute atomic E-state index is 12.6. The number of amides is 1. The van der Waals surface area contributed by atoms with Crippen LogP contribution < -0.4 is 5.73 Å². The van der Waals surface area contributed by atoms with E-state index in [4.69, 9.17) is 5.73 Å². The van der Waals surface area contributed by atoms with Gasteiger partial charge in [-0.25, -0.2) is 4.98 Å². The second-order valence-electron chi connectivity index (χ2n) is 8.94. The van der Waals surface area contributed by atoms with Gasteiger partial charge in [0.1, 0.15) is 5.82 Å². The van der Waals surface area contributed by atoms with Gasteiger partial charge in [-0.05, 0) is 55.2 Å². The summed E-state index contributed by atoms with van der Waals surface area (Å²) in [6, 6.07) is 3.43. The largest absolute Gasteiger partial charge is 0.384 e. The van der Waals surface area contributed by atoms with Crippen LogP contribution in [0.5, 0.6) is 0 Å². The quantitative estimate of drug-likeness (QED) is 0.916. The van der Waals surface area contributed by atoms with E-state index in [1.54, 1.807) is 18.3 Å². The van der Waals surface area contributed by atoms with Crippen LogP contribution in [0.25, 0.3) is 0 Å². The molecule has 2 N–H and O–H groups in total. The first-order valence-electron chi connectivity index (χ1n) is 9.55. The summed E-state index contributed by atoms with van der Waals surface area (Å²) in [5.74, 6) is 2.06. The number of rotatable bonds is 3. The summed E-state index contributed by atoms with van der Waals surface area (Å²) in [7, 11) is 0. The van der Waals surface area contributed by atoms with Gasteiger partial charge in [0.05, 0.1) is 0 Å². The molecule has 1 unspecified atom stereocenters. The first-order valence-corrected chi connectivity index (χ1v) is 9.55. The highest BCUT2D eigenvalue weighted by Gasteiger charge is 2.34. The van der Waals surface area contributed by atoms with Crippen molar-refractivity contribution < 1.29 is 4.79 Å². The Morgan fingerprint density at radius 3 is 2.52 bits per heavy atom. The maximum Gasteiger partial charge on any atom is 0.254 e. The zero-order chi connectivity index (χ0) is 18.0. The fourth-order valence-corrected chi connectivity index (χ4v) is 4.40. The molecule has 3 rings (SSSR count). The first-order chi connectivity index (χ1) is 11.8. The molecule has 0 bridgehead atoms. The van der Waals surface area contributed by atoms with Gasteiger partial charge in [-0.15, -0.1) is 0 Å². The van der Waals surface area contributed by atoms with Crippen molar-refractivity contribution in [1.82, 2.24) is 14.8 Å². The molecule has 0 spiro atoms. The molecule has 1 atom stereocenters. The molecule has 2 saturated heterocycles. The van der Waals surface area contributed by atoms with Gasteiger partial charge in [-0.3, -0.25) is 4.79 Å². The normalized spacial score (nSPS) is 23.2. The number of anilines is 1. The van der Waals surface area contributed by atoms with E-state index < -0.39 is 0 Å². The SMILES string of the molecule is CC(C)(C)CN1CCC(C2CCN(C(=O)c3ccnc(N)c3)CC2)C1. The van der Waals surface area contributed by atoms with Crippen molar-refractivity contribution in [2.24, 2.45) is 17.3 Å². The van der Waals surface area contributed by atoms with Crippen molar-refractivity contribution >= 4 is 11.7 Å². The highest BCUT2D eigenvalue weighted by atomic mass is 16.2. The average molecular weight is 345 g/mol. The van der Waals surface area contributed by atoms with Gasteiger partial charge >= 0.3 is 0 Å². The Balaban J connectivity index is 1.50. The second-order valence-corrected chi connectivity index (χ2v) is 8.94. The lowest BCUT2D eigenvalue weighted by atomic mass is 9.83. The zero-order valence-corrected chi connectivity index (χ0v) is 15.9. The number of aromatic nitrogens is 1. The number of nitrogens with zero attached hydrogens (tertiary/aromatic N) is 3. The molecular weight excluding hydrogens is 312 g/mol. The van der Waals surface area contributed by atoms with Gasteiger partial charge in [-0.1, -0.05) is 20.8 Å². The predicted molar refractivity (Wildman–Crippen MR) is 101 cm³/mol. The summed E-state index contributed by atoms with van der Waals surface area (Å²) in [4.78, 5) is 21.2. The Bertz CT molecular complexity index is 602. The Morgan fingerprint density at radius 1 is 1.20 bits per heavy atom. The molecule has 3 heterocycles. The minimum Gasteiger partial charge on any atom is -0.384 e. The van der Waals surface area contributed by atoms with E-state index in [0.717, 1.165) is 37.8 Å². The van der Waals surface area contributed by atoms with Crippen molar-refractivity contribution in [3.8, 4) is 0 Å². The van der Waals surface area contributed by atoms with Gasteiger partial charge in [0.2, 0.25) is 0 Å². The molecule has 0 aliphatic carbocycles. The van der Waals surface area contributed by atoms with Crippen LogP contribution in [0.1, 0.15) is 50.4 Å². The molecule has 5 nitrogen and oxygen atoms in total. The summed E-state index contributed by atoms with van der Waals surface area (Å²) in [6.07, 6.45) is 5.17. The monoisotopic (exact) mass is 344 g/mol. The number of nitrogen functional groups attached to an aromatic ring is 1. The third kappa shape index (κ3) is 4.72. The molecule has 0 radical (unpaired) electrons. The minimum atomic E-state index is 0.0910. The van der Waals surface area contributed by atoms with E-state index >= 15 is 0 Å². The van der Waals surface area contributed by atoms with Crippen molar-refractivity contribution in [1.29, 1.82) is 0 Å². The number of hydrogen-bond acceptors (Lipinski definition) is 4. The fourth-order valence-electron chi connectivity index (χ4n) is 4.40.